The molecule has 0 fully saturated rings. The van der Waals surface area contributed by atoms with Crippen LogP contribution < -0.4 is 10.1 Å². The van der Waals surface area contributed by atoms with Crippen molar-refractivity contribution in [2.24, 2.45) is 0 Å². The maximum absolute atomic E-state index is 12.9. The fraction of sp³-hybridized carbons (Fsp3) is 0.385. The normalized spacial score (nSPS) is 13.6. The van der Waals surface area contributed by atoms with Crippen molar-refractivity contribution in [2.75, 3.05) is 19.0 Å². The van der Waals surface area contributed by atoms with Crippen LogP contribution in [0.25, 0.3) is 0 Å². The minimum atomic E-state index is -0.155. The van der Waals surface area contributed by atoms with E-state index < -0.39 is 0 Å². The summed E-state index contributed by atoms with van der Waals surface area (Å²) in [6, 6.07) is 9.93. The van der Waals surface area contributed by atoms with Crippen LogP contribution in [0.2, 0.25) is 0 Å². The number of hydrogen-bond acceptors (Lipinski definition) is 6. The lowest BCUT2D eigenvalue weighted by Gasteiger charge is -2.27. The van der Waals surface area contributed by atoms with Crippen LogP contribution in [-0.4, -0.2) is 39.9 Å². The third-order valence-corrected chi connectivity index (χ3v) is 7.47. The molecule has 0 radical (unpaired) electrons. The van der Waals surface area contributed by atoms with Crippen LogP contribution in [0.1, 0.15) is 52.3 Å². The highest BCUT2D eigenvalue weighted by Crippen LogP contribution is 2.37. The van der Waals surface area contributed by atoms with Crippen molar-refractivity contribution in [1.29, 1.82) is 5.26 Å². The number of nitrogens with zero attached hydrogens (tertiary/aromatic N) is 4. The fourth-order valence-electron chi connectivity index (χ4n) is 4.54. The van der Waals surface area contributed by atoms with E-state index in [0.717, 1.165) is 33.3 Å². The van der Waals surface area contributed by atoms with E-state index in [2.05, 4.69) is 16.4 Å². The van der Waals surface area contributed by atoms with E-state index in [9.17, 15) is 14.9 Å². The van der Waals surface area contributed by atoms with Crippen LogP contribution in [0.5, 0.6) is 5.75 Å². The summed E-state index contributed by atoms with van der Waals surface area (Å²) in [6.45, 7) is 6.99. The number of imidazole rings is 1. The quantitative estimate of drug-likeness (QED) is 0.535. The number of aryl methyl sites for hydroxylation is 2. The highest BCUT2D eigenvalue weighted by atomic mass is 32.1. The number of para-hydroxylation sites is 1. The van der Waals surface area contributed by atoms with Crippen molar-refractivity contribution in [1.82, 2.24) is 14.5 Å². The van der Waals surface area contributed by atoms with Gasteiger partial charge in [0, 0.05) is 24.0 Å². The summed E-state index contributed by atoms with van der Waals surface area (Å²) < 4.78 is 7.28. The monoisotopic (exact) mass is 491 g/mol. The number of methoxy groups -OCH3 is 1. The Hall–Kier alpha value is -3.64. The number of rotatable bonds is 7. The van der Waals surface area contributed by atoms with Gasteiger partial charge in [0.1, 0.15) is 29.2 Å². The zero-order valence-electron chi connectivity index (χ0n) is 20.4. The standard InChI is InChI=1S/C26H29N5O3S/c1-16(19-7-5-6-8-22(19)34-4)11-24(32)29-26-21(12-27)20-9-10-30(14-23(20)35-26)25(33)15-31-13-17(2)28-18(31)3/h5-8,13,16H,9-11,14-15H2,1-4H3,(H,29,32). The van der Waals surface area contributed by atoms with Crippen molar-refractivity contribution in [3.8, 4) is 11.8 Å². The minimum Gasteiger partial charge on any atom is -0.496 e. The number of thiophene rings is 1. The summed E-state index contributed by atoms with van der Waals surface area (Å²) >= 11 is 1.39. The molecule has 9 heteroatoms. The summed E-state index contributed by atoms with van der Waals surface area (Å²) in [4.78, 5) is 32.9. The zero-order chi connectivity index (χ0) is 25.1. The van der Waals surface area contributed by atoms with Gasteiger partial charge in [-0.05, 0) is 43.4 Å². The molecule has 0 saturated heterocycles. The summed E-state index contributed by atoms with van der Waals surface area (Å²) in [7, 11) is 1.62. The van der Waals surface area contributed by atoms with Gasteiger partial charge in [0.15, 0.2) is 0 Å². The third kappa shape index (κ3) is 5.23. The van der Waals surface area contributed by atoms with Gasteiger partial charge in [-0.1, -0.05) is 25.1 Å². The Bertz CT molecular complexity index is 1300. The maximum Gasteiger partial charge on any atom is 0.242 e. The predicted molar refractivity (Wildman–Crippen MR) is 135 cm³/mol. The Morgan fingerprint density at radius 1 is 1.31 bits per heavy atom. The molecule has 8 nitrogen and oxygen atoms in total. The molecule has 1 aliphatic heterocycles. The second-order valence-corrected chi connectivity index (χ2v) is 9.94. The van der Waals surface area contributed by atoms with Gasteiger partial charge >= 0.3 is 0 Å². The van der Waals surface area contributed by atoms with Gasteiger partial charge < -0.3 is 19.5 Å². The number of ether oxygens (including phenoxy) is 1. The molecule has 2 amide bonds. The number of benzene rings is 1. The number of fused-ring (bicyclic) bond motifs is 1. The second kappa shape index (κ2) is 10.3. The molecular weight excluding hydrogens is 462 g/mol. The van der Waals surface area contributed by atoms with Crippen LogP contribution in [0, 0.1) is 25.2 Å². The summed E-state index contributed by atoms with van der Waals surface area (Å²) in [5.74, 6) is 1.37. The molecule has 0 bridgehead atoms. The first-order valence-corrected chi connectivity index (χ1v) is 12.4. The van der Waals surface area contributed by atoms with E-state index in [-0.39, 0.29) is 30.7 Å². The molecule has 1 atom stereocenters. The van der Waals surface area contributed by atoms with Crippen molar-refractivity contribution >= 4 is 28.2 Å². The average molecular weight is 492 g/mol. The van der Waals surface area contributed by atoms with Gasteiger partial charge in [-0.3, -0.25) is 9.59 Å². The number of amides is 2. The molecule has 2 aromatic heterocycles. The van der Waals surface area contributed by atoms with Gasteiger partial charge in [0.25, 0.3) is 0 Å². The largest absolute Gasteiger partial charge is 0.496 e. The van der Waals surface area contributed by atoms with Crippen LogP contribution in [0.15, 0.2) is 30.5 Å². The molecule has 0 saturated carbocycles. The number of nitriles is 1. The Kier molecular flexibility index (Phi) is 7.22. The molecule has 3 aromatic rings. The van der Waals surface area contributed by atoms with Crippen molar-refractivity contribution in [3.05, 3.63) is 63.5 Å². The number of carbonyl (C=O) groups is 2. The summed E-state index contributed by atoms with van der Waals surface area (Å²) in [5.41, 5.74) is 3.29. The maximum atomic E-state index is 12.9. The first-order chi connectivity index (χ1) is 16.8. The van der Waals surface area contributed by atoms with Gasteiger partial charge in [-0.2, -0.15) is 5.26 Å². The topological polar surface area (TPSA) is 100 Å². The number of nitrogens with one attached hydrogen (secondary N) is 1. The molecule has 1 aromatic carbocycles. The molecule has 4 rings (SSSR count). The number of carbonyl (C=O) groups excluding carboxylic acids is 2. The Morgan fingerprint density at radius 3 is 2.77 bits per heavy atom. The third-order valence-electron chi connectivity index (χ3n) is 6.34. The van der Waals surface area contributed by atoms with E-state index >= 15 is 0 Å². The minimum absolute atomic E-state index is 0.0132. The van der Waals surface area contributed by atoms with E-state index in [1.807, 2.05) is 60.7 Å². The predicted octanol–water partition coefficient (Wildman–Crippen LogP) is 4.16. The van der Waals surface area contributed by atoms with Gasteiger partial charge in [0.2, 0.25) is 11.8 Å². The molecule has 0 aliphatic carbocycles. The summed E-state index contributed by atoms with van der Waals surface area (Å²) in [5, 5.41) is 13.3. The SMILES string of the molecule is COc1ccccc1C(C)CC(=O)Nc1sc2c(c1C#N)CCN(C(=O)Cn1cc(C)nc1C)C2. The van der Waals surface area contributed by atoms with Crippen molar-refractivity contribution in [2.45, 2.75) is 52.6 Å². The van der Waals surface area contributed by atoms with Gasteiger partial charge in [-0.15, -0.1) is 11.3 Å². The molecule has 182 valence electrons. The lowest BCUT2D eigenvalue weighted by Crippen LogP contribution is -2.37. The highest BCUT2D eigenvalue weighted by Gasteiger charge is 2.28. The van der Waals surface area contributed by atoms with Gasteiger partial charge in [0.05, 0.1) is 24.9 Å². The number of hydrogen-bond donors (Lipinski definition) is 1. The smallest absolute Gasteiger partial charge is 0.242 e. The van der Waals surface area contributed by atoms with Crippen molar-refractivity contribution < 1.29 is 14.3 Å². The van der Waals surface area contributed by atoms with E-state index in [1.165, 1.54) is 11.3 Å². The number of aromatic nitrogens is 2. The average Bonchev–Trinajstić information content (AvgIpc) is 3.35. The summed E-state index contributed by atoms with van der Waals surface area (Å²) in [6.07, 6.45) is 2.74. The Balaban J connectivity index is 1.44. The van der Waals surface area contributed by atoms with Crippen LogP contribution in [0.4, 0.5) is 5.00 Å². The first-order valence-electron chi connectivity index (χ1n) is 11.6. The molecule has 0 spiro atoms. The highest BCUT2D eigenvalue weighted by molar-refractivity contribution is 7.16. The Morgan fingerprint density at radius 2 is 2.09 bits per heavy atom. The fourth-order valence-corrected chi connectivity index (χ4v) is 5.76. The molecular formula is C26H29N5O3S. The zero-order valence-corrected chi connectivity index (χ0v) is 21.2. The van der Waals surface area contributed by atoms with E-state index in [0.29, 0.717) is 30.1 Å². The molecule has 1 aliphatic rings. The lowest BCUT2D eigenvalue weighted by atomic mass is 9.96. The molecule has 3 heterocycles. The lowest BCUT2D eigenvalue weighted by molar-refractivity contribution is -0.132. The van der Waals surface area contributed by atoms with E-state index in [4.69, 9.17) is 4.74 Å². The molecule has 1 unspecified atom stereocenters. The number of anilines is 1. The van der Waals surface area contributed by atoms with Crippen LogP contribution in [-0.2, 0) is 29.1 Å². The van der Waals surface area contributed by atoms with Gasteiger partial charge in [-0.25, -0.2) is 4.98 Å². The molecule has 35 heavy (non-hydrogen) atoms. The first kappa shape index (κ1) is 24.5. The van der Waals surface area contributed by atoms with E-state index in [1.54, 1.807) is 7.11 Å². The van der Waals surface area contributed by atoms with Crippen molar-refractivity contribution in [3.63, 3.8) is 0 Å². The second-order valence-electron chi connectivity index (χ2n) is 8.84. The molecule has 1 N–H and O–H groups in total. The Labute approximate surface area is 209 Å². The van der Waals surface area contributed by atoms with Crippen LogP contribution in [0.3, 0.4) is 0 Å². The van der Waals surface area contributed by atoms with Crippen LogP contribution >= 0.6 is 11.3 Å².